The van der Waals surface area contributed by atoms with Gasteiger partial charge in [0.05, 0.1) is 25.2 Å². The fourth-order valence-electron chi connectivity index (χ4n) is 2.63. The molecule has 4 nitrogen and oxygen atoms in total. The number of ether oxygens (including phenoxy) is 3. The summed E-state index contributed by atoms with van der Waals surface area (Å²) in [5.74, 6) is 0.159. The van der Waals surface area contributed by atoms with Crippen LogP contribution in [0.4, 0.5) is 0 Å². The highest BCUT2D eigenvalue weighted by atomic mass is 16.7. The summed E-state index contributed by atoms with van der Waals surface area (Å²) in [4.78, 5) is 11.4. The fourth-order valence-corrected chi connectivity index (χ4v) is 2.63. The van der Waals surface area contributed by atoms with Crippen molar-refractivity contribution in [2.75, 3.05) is 13.2 Å². The molecule has 3 atom stereocenters. The number of rotatable bonds is 2. The highest BCUT2D eigenvalue weighted by Crippen LogP contribution is 2.46. The molecule has 0 radical (unpaired) electrons. The van der Waals surface area contributed by atoms with Gasteiger partial charge in [-0.2, -0.15) is 0 Å². The number of hydrogen-bond acceptors (Lipinski definition) is 4. The Morgan fingerprint density at radius 1 is 1.40 bits per heavy atom. The van der Waals surface area contributed by atoms with E-state index in [1.807, 2.05) is 12.2 Å². The second-order valence-electron chi connectivity index (χ2n) is 4.39. The van der Waals surface area contributed by atoms with Crippen LogP contribution in [0.5, 0.6) is 0 Å². The molecule has 3 rings (SSSR count). The molecule has 3 aliphatic rings. The van der Waals surface area contributed by atoms with Crippen LogP contribution in [0.15, 0.2) is 12.2 Å². The summed E-state index contributed by atoms with van der Waals surface area (Å²) in [5.41, 5.74) is -0.502. The summed E-state index contributed by atoms with van der Waals surface area (Å²) in [5, 5.41) is 0. The number of ketones is 1. The summed E-state index contributed by atoms with van der Waals surface area (Å²) in [6, 6.07) is 0. The van der Waals surface area contributed by atoms with Crippen molar-refractivity contribution in [3.05, 3.63) is 12.2 Å². The van der Waals surface area contributed by atoms with E-state index in [-0.39, 0.29) is 24.1 Å². The summed E-state index contributed by atoms with van der Waals surface area (Å²) >= 11 is 0. The van der Waals surface area contributed by atoms with Crippen molar-refractivity contribution in [3.63, 3.8) is 0 Å². The maximum atomic E-state index is 11.4. The van der Waals surface area contributed by atoms with Gasteiger partial charge in [0.15, 0.2) is 6.29 Å². The lowest BCUT2D eigenvalue weighted by molar-refractivity contribution is -0.164. The van der Waals surface area contributed by atoms with Crippen molar-refractivity contribution < 1.29 is 19.0 Å². The summed E-state index contributed by atoms with van der Waals surface area (Å²) in [6.07, 6.45) is 4.24. The van der Waals surface area contributed by atoms with Gasteiger partial charge in [-0.25, -0.2) is 0 Å². The van der Waals surface area contributed by atoms with E-state index in [9.17, 15) is 4.79 Å². The predicted octanol–water partition coefficient (Wildman–Crippen LogP) is 0.662. The van der Waals surface area contributed by atoms with Gasteiger partial charge in [-0.1, -0.05) is 6.08 Å². The third kappa shape index (κ3) is 1.29. The minimum absolute atomic E-state index is 0.0252. The fraction of sp³-hybridized carbons (Fsp3) is 0.727. The second kappa shape index (κ2) is 3.14. The van der Waals surface area contributed by atoms with Gasteiger partial charge in [-0.05, 0) is 19.4 Å². The molecule has 0 amide bonds. The lowest BCUT2D eigenvalue weighted by atomic mass is 9.84. The molecule has 15 heavy (non-hydrogen) atoms. The Kier molecular flexibility index (Phi) is 1.99. The molecule has 2 fully saturated rings. The van der Waals surface area contributed by atoms with Crippen LogP contribution in [0.3, 0.4) is 0 Å². The molecule has 82 valence electrons. The van der Waals surface area contributed by atoms with Crippen LogP contribution in [0, 0.1) is 5.92 Å². The Hall–Kier alpha value is -0.710. The molecule has 0 aromatic carbocycles. The van der Waals surface area contributed by atoms with Gasteiger partial charge in [0.2, 0.25) is 0 Å². The minimum Gasteiger partial charge on any atom is -0.358 e. The van der Waals surface area contributed by atoms with Gasteiger partial charge < -0.3 is 14.2 Å². The molecular weight excluding hydrogens is 196 g/mol. The average Bonchev–Trinajstić information content (AvgIpc) is 2.93. The Morgan fingerprint density at radius 3 is 2.73 bits per heavy atom. The smallest absolute Gasteiger partial charge is 0.190 e. The standard InChI is InChI=1S/C11H14O4/c1-7(12)8-6-11(3-2-9(8)15-11)10-13-4-5-14-10/h2-3,8-10H,4-6H2,1H3/t8-,9?,11+/m1/s1. The van der Waals surface area contributed by atoms with Gasteiger partial charge >= 0.3 is 0 Å². The monoisotopic (exact) mass is 210 g/mol. The van der Waals surface area contributed by atoms with Crippen molar-refractivity contribution in [2.45, 2.75) is 31.3 Å². The zero-order chi connectivity index (χ0) is 10.5. The van der Waals surface area contributed by atoms with E-state index in [0.717, 1.165) is 0 Å². The van der Waals surface area contributed by atoms with Gasteiger partial charge in [0.1, 0.15) is 11.4 Å². The van der Waals surface area contributed by atoms with Crippen LogP contribution >= 0.6 is 0 Å². The maximum absolute atomic E-state index is 11.4. The predicted molar refractivity (Wildman–Crippen MR) is 51.2 cm³/mol. The lowest BCUT2D eigenvalue weighted by Crippen LogP contribution is -2.40. The highest BCUT2D eigenvalue weighted by Gasteiger charge is 2.56. The van der Waals surface area contributed by atoms with Gasteiger partial charge in [0.25, 0.3) is 0 Å². The third-order valence-corrected chi connectivity index (χ3v) is 3.40. The van der Waals surface area contributed by atoms with Gasteiger partial charge in [0, 0.05) is 0 Å². The average molecular weight is 210 g/mol. The van der Waals surface area contributed by atoms with E-state index in [0.29, 0.717) is 19.6 Å². The molecule has 0 N–H and O–H groups in total. The molecule has 1 unspecified atom stereocenters. The Morgan fingerprint density at radius 2 is 2.13 bits per heavy atom. The lowest BCUT2D eigenvalue weighted by Gasteiger charge is -2.28. The topological polar surface area (TPSA) is 44.8 Å². The first kappa shape index (κ1) is 9.51. The van der Waals surface area contributed by atoms with Crippen LogP contribution in [-0.2, 0) is 19.0 Å². The van der Waals surface area contributed by atoms with Crippen LogP contribution in [0.2, 0.25) is 0 Å². The first-order chi connectivity index (χ1) is 7.21. The van der Waals surface area contributed by atoms with E-state index in [1.165, 1.54) is 0 Å². The molecule has 0 aliphatic carbocycles. The molecule has 0 saturated carbocycles. The first-order valence-electron chi connectivity index (χ1n) is 5.32. The van der Waals surface area contributed by atoms with Crippen LogP contribution in [-0.4, -0.2) is 37.0 Å². The largest absolute Gasteiger partial charge is 0.358 e. The van der Waals surface area contributed by atoms with Gasteiger partial charge in [-0.15, -0.1) is 0 Å². The van der Waals surface area contributed by atoms with E-state index >= 15 is 0 Å². The molecule has 4 heteroatoms. The zero-order valence-corrected chi connectivity index (χ0v) is 8.64. The highest BCUT2D eigenvalue weighted by molar-refractivity contribution is 5.80. The number of carbonyl (C=O) groups excluding carboxylic acids is 1. The van der Waals surface area contributed by atoms with Gasteiger partial charge in [-0.3, -0.25) is 4.79 Å². The molecule has 0 aromatic rings. The number of fused-ring (bicyclic) bond motifs is 2. The van der Waals surface area contributed by atoms with E-state index in [4.69, 9.17) is 14.2 Å². The van der Waals surface area contributed by atoms with Crippen molar-refractivity contribution in [2.24, 2.45) is 5.92 Å². The molecule has 3 aliphatic heterocycles. The van der Waals surface area contributed by atoms with Crippen LogP contribution in [0.1, 0.15) is 13.3 Å². The second-order valence-corrected chi connectivity index (χ2v) is 4.39. The summed E-state index contributed by atoms with van der Waals surface area (Å²) in [7, 11) is 0. The number of hydrogen-bond donors (Lipinski definition) is 0. The Bertz CT molecular complexity index is 319. The molecule has 3 heterocycles. The normalized spacial score (nSPS) is 44.1. The zero-order valence-electron chi connectivity index (χ0n) is 8.64. The summed E-state index contributed by atoms with van der Waals surface area (Å²) < 4.78 is 16.8. The molecule has 0 spiro atoms. The molecule has 0 aromatic heterocycles. The Balaban J connectivity index is 1.84. The van der Waals surface area contributed by atoms with Crippen molar-refractivity contribution >= 4 is 5.78 Å². The Labute approximate surface area is 88.2 Å². The first-order valence-corrected chi connectivity index (χ1v) is 5.32. The SMILES string of the molecule is CC(=O)[C@H]1C[C@]2(C3OCCO3)C=CC1O2. The van der Waals surface area contributed by atoms with Crippen molar-refractivity contribution in [1.29, 1.82) is 0 Å². The number of Topliss-reactive ketones (excluding diaryl/α,β-unsaturated/α-hetero) is 1. The number of carbonyl (C=O) groups is 1. The molecule has 2 saturated heterocycles. The van der Waals surface area contributed by atoms with Crippen LogP contribution < -0.4 is 0 Å². The minimum atomic E-state index is -0.502. The van der Waals surface area contributed by atoms with E-state index in [2.05, 4.69) is 0 Å². The van der Waals surface area contributed by atoms with E-state index < -0.39 is 5.60 Å². The summed E-state index contributed by atoms with van der Waals surface area (Å²) in [6.45, 7) is 2.84. The maximum Gasteiger partial charge on any atom is 0.190 e. The molecule has 2 bridgehead atoms. The van der Waals surface area contributed by atoms with Crippen molar-refractivity contribution in [1.82, 2.24) is 0 Å². The third-order valence-electron chi connectivity index (χ3n) is 3.40. The quantitative estimate of drug-likeness (QED) is 0.628. The van der Waals surface area contributed by atoms with E-state index in [1.54, 1.807) is 6.92 Å². The molecular formula is C11H14O4. The van der Waals surface area contributed by atoms with Crippen LogP contribution in [0.25, 0.3) is 0 Å². The van der Waals surface area contributed by atoms with Crippen molar-refractivity contribution in [3.8, 4) is 0 Å².